The number of amides is 1. The number of aromatic nitrogens is 1. The van der Waals surface area contributed by atoms with E-state index in [4.69, 9.17) is 0 Å². The summed E-state index contributed by atoms with van der Waals surface area (Å²) in [4.78, 5) is 26.7. The first-order valence-electron chi connectivity index (χ1n) is 7.70. The third-order valence-corrected chi connectivity index (χ3v) is 3.81. The zero-order valence-corrected chi connectivity index (χ0v) is 15.0. The highest BCUT2D eigenvalue weighted by atomic mass is 35.5. The Balaban J connectivity index is 0.00000243. The molecule has 134 valence electrons. The molecule has 0 saturated carbocycles. The minimum atomic E-state index is -0.485. The molecule has 0 aliphatic carbocycles. The molecule has 0 atom stereocenters. The van der Waals surface area contributed by atoms with Crippen molar-refractivity contribution in [2.24, 2.45) is 0 Å². The number of carbonyl (C=O) groups excluding carboxylic acids is 2. The molecule has 0 bridgehead atoms. The van der Waals surface area contributed by atoms with E-state index in [1.807, 2.05) is 0 Å². The van der Waals surface area contributed by atoms with Gasteiger partial charge in [-0.15, -0.1) is 12.4 Å². The molecule has 26 heavy (non-hydrogen) atoms. The lowest BCUT2D eigenvalue weighted by atomic mass is 9.99. The van der Waals surface area contributed by atoms with E-state index >= 15 is 0 Å². The molecular formula is C19H17ClFN3O2. The Morgan fingerprint density at radius 2 is 2.15 bits per heavy atom. The van der Waals surface area contributed by atoms with E-state index in [1.165, 1.54) is 19.1 Å². The van der Waals surface area contributed by atoms with Crippen molar-refractivity contribution in [3.05, 3.63) is 52.6 Å². The third-order valence-electron chi connectivity index (χ3n) is 3.81. The minimum Gasteiger partial charge on any atom is -0.361 e. The number of carbonyl (C=O) groups is 2. The fourth-order valence-electron chi connectivity index (χ4n) is 2.60. The highest BCUT2D eigenvalue weighted by Crippen LogP contribution is 2.36. The van der Waals surface area contributed by atoms with Crippen LogP contribution in [-0.2, 0) is 4.79 Å². The molecule has 1 aliphatic heterocycles. The lowest BCUT2D eigenvalue weighted by Gasteiger charge is -2.04. The van der Waals surface area contributed by atoms with Crippen LogP contribution in [0.25, 0.3) is 11.6 Å². The summed E-state index contributed by atoms with van der Waals surface area (Å²) < 4.78 is 14.3. The van der Waals surface area contributed by atoms with Gasteiger partial charge in [0.15, 0.2) is 5.78 Å². The second-order valence-electron chi connectivity index (χ2n) is 5.59. The van der Waals surface area contributed by atoms with Crippen molar-refractivity contribution in [2.75, 3.05) is 18.9 Å². The van der Waals surface area contributed by atoms with Crippen molar-refractivity contribution in [1.82, 2.24) is 10.3 Å². The zero-order chi connectivity index (χ0) is 18.0. The van der Waals surface area contributed by atoms with Crippen LogP contribution in [-0.4, -0.2) is 30.3 Å². The zero-order valence-electron chi connectivity index (χ0n) is 14.2. The van der Waals surface area contributed by atoms with Gasteiger partial charge in [-0.25, -0.2) is 4.39 Å². The van der Waals surface area contributed by atoms with E-state index in [2.05, 4.69) is 27.5 Å². The van der Waals surface area contributed by atoms with Crippen LogP contribution in [0.3, 0.4) is 0 Å². The summed E-state index contributed by atoms with van der Waals surface area (Å²) in [7, 11) is 1.74. The molecule has 0 fully saturated rings. The molecule has 1 aliphatic rings. The molecule has 1 aromatic carbocycles. The van der Waals surface area contributed by atoms with Gasteiger partial charge < -0.3 is 15.6 Å². The topological polar surface area (TPSA) is 74.0 Å². The summed E-state index contributed by atoms with van der Waals surface area (Å²) in [5.41, 5.74) is 2.54. The van der Waals surface area contributed by atoms with E-state index in [-0.39, 0.29) is 29.7 Å². The first kappa shape index (κ1) is 19.4. The summed E-state index contributed by atoms with van der Waals surface area (Å²) in [6.45, 7) is 1.87. The van der Waals surface area contributed by atoms with Crippen LogP contribution in [0, 0.1) is 17.7 Å². The van der Waals surface area contributed by atoms with Crippen LogP contribution < -0.4 is 10.6 Å². The summed E-state index contributed by atoms with van der Waals surface area (Å²) in [5, 5.41) is 5.59. The standard InChI is InChI=1S/C19H16FN3O2.ClH/c1-11(24)12-8-13(22-10-12)9-15-18-14(4-3-7-21-2)16(20)5-6-17(18)23-19(15)25;/h5-6,8-10,21-22H,7H2,1-2H3,(H,23,25);1H/b15-9-;. The lowest BCUT2D eigenvalue weighted by molar-refractivity contribution is -0.110. The molecule has 3 rings (SSSR count). The predicted molar refractivity (Wildman–Crippen MR) is 102 cm³/mol. The average molecular weight is 374 g/mol. The summed E-state index contributed by atoms with van der Waals surface area (Å²) in [5.74, 6) is 4.71. The smallest absolute Gasteiger partial charge is 0.256 e. The van der Waals surface area contributed by atoms with Gasteiger partial charge in [0.2, 0.25) is 0 Å². The summed E-state index contributed by atoms with van der Waals surface area (Å²) in [6.07, 6.45) is 3.16. The van der Waals surface area contributed by atoms with Crippen molar-refractivity contribution in [3.63, 3.8) is 0 Å². The maximum absolute atomic E-state index is 14.3. The second-order valence-corrected chi connectivity index (χ2v) is 5.59. The molecule has 0 saturated heterocycles. The fraction of sp³-hybridized carbons (Fsp3) is 0.158. The number of fused-ring (bicyclic) bond motifs is 1. The van der Waals surface area contributed by atoms with E-state index in [0.717, 1.165) is 0 Å². The number of halogens is 2. The van der Waals surface area contributed by atoms with Gasteiger partial charge in [-0.2, -0.15) is 0 Å². The molecule has 1 amide bonds. The van der Waals surface area contributed by atoms with Crippen molar-refractivity contribution < 1.29 is 14.0 Å². The van der Waals surface area contributed by atoms with Gasteiger partial charge in [0, 0.05) is 23.0 Å². The van der Waals surface area contributed by atoms with Gasteiger partial charge in [0.05, 0.1) is 23.4 Å². The van der Waals surface area contributed by atoms with Crippen molar-refractivity contribution >= 4 is 41.4 Å². The highest BCUT2D eigenvalue weighted by Gasteiger charge is 2.28. The number of benzene rings is 1. The predicted octanol–water partition coefficient (Wildman–Crippen LogP) is 2.84. The lowest BCUT2D eigenvalue weighted by Crippen LogP contribution is -2.05. The molecule has 7 heteroatoms. The molecular weight excluding hydrogens is 357 g/mol. The Labute approximate surface area is 156 Å². The third kappa shape index (κ3) is 3.69. The SMILES string of the molecule is CNCC#Cc1c(F)ccc2c1/C(=C/c1cc(C(C)=O)c[nH]1)C(=O)N2.Cl. The van der Waals surface area contributed by atoms with Gasteiger partial charge in [-0.3, -0.25) is 9.59 Å². The number of hydrogen-bond acceptors (Lipinski definition) is 3. The van der Waals surface area contributed by atoms with Crippen molar-refractivity contribution in [2.45, 2.75) is 6.92 Å². The number of nitrogens with one attached hydrogen (secondary N) is 3. The van der Waals surface area contributed by atoms with E-state index < -0.39 is 5.82 Å². The Hall–Kier alpha value is -2.88. The first-order valence-corrected chi connectivity index (χ1v) is 7.70. The molecule has 0 unspecified atom stereocenters. The quantitative estimate of drug-likeness (QED) is 0.440. The Kier molecular flexibility index (Phi) is 5.98. The monoisotopic (exact) mass is 373 g/mol. The maximum atomic E-state index is 14.3. The van der Waals surface area contributed by atoms with Crippen LogP contribution in [0.1, 0.15) is 34.1 Å². The van der Waals surface area contributed by atoms with E-state index in [0.29, 0.717) is 34.6 Å². The number of ketones is 1. The van der Waals surface area contributed by atoms with Gasteiger partial charge in [-0.05, 0) is 38.2 Å². The van der Waals surface area contributed by atoms with Crippen molar-refractivity contribution in [3.8, 4) is 11.8 Å². The highest BCUT2D eigenvalue weighted by molar-refractivity contribution is 6.35. The maximum Gasteiger partial charge on any atom is 0.256 e. The molecule has 0 radical (unpaired) electrons. The normalized spacial score (nSPS) is 13.5. The first-order chi connectivity index (χ1) is 12.0. The van der Waals surface area contributed by atoms with Crippen LogP contribution in [0.5, 0.6) is 0 Å². The Morgan fingerprint density at radius 3 is 2.81 bits per heavy atom. The molecule has 3 N–H and O–H groups in total. The van der Waals surface area contributed by atoms with Gasteiger partial charge >= 0.3 is 0 Å². The number of aromatic amines is 1. The van der Waals surface area contributed by atoms with E-state index in [9.17, 15) is 14.0 Å². The number of Topliss-reactive ketones (excluding diaryl/α,β-unsaturated/α-hetero) is 1. The molecule has 0 spiro atoms. The molecule has 1 aromatic heterocycles. The Morgan fingerprint density at radius 1 is 1.38 bits per heavy atom. The number of anilines is 1. The van der Waals surface area contributed by atoms with Crippen molar-refractivity contribution in [1.29, 1.82) is 0 Å². The molecule has 2 aromatic rings. The van der Waals surface area contributed by atoms with E-state index in [1.54, 1.807) is 25.4 Å². The van der Waals surface area contributed by atoms with Gasteiger partial charge in [-0.1, -0.05) is 11.8 Å². The summed E-state index contributed by atoms with van der Waals surface area (Å²) >= 11 is 0. The van der Waals surface area contributed by atoms with Crippen LogP contribution >= 0.6 is 12.4 Å². The summed E-state index contributed by atoms with van der Waals surface area (Å²) in [6, 6.07) is 4.45. The van der Waals surface area contributed by atoms with Crippen LogP contribution in [0.2, 0.25) is 0 Å². The second kappa shape index (κ2) is 8.00. The minimum absolute atomic E-state index is 0. The molecule has 2 heterocycles. The average Bonchev–Trinajstić information content (AvgIpc) is 3.16. The number of rotatable bonds is 3. The van der Waals surface area contributed by atoms with Crippen LogP contribution in [0.15, 0.2) is 24.4 Å². The number of hydrogen-bond donors (Lipinski definition) is 3. The number of H-pyrrole nitrogens is 1. The van der Waals surface area contributed by atoms with Gasteiger partial charge in [0.1, 0.15) is 5.82 Å². The largest absolute Gasteiger partial charge is 0.361 e. The molecule has 5 nitrogen and oxygen atoms in total. The van der Waals surface area contributed by atoms with Crippen LogP contribution in [0.4, 0.5) is 10.1 Å². The van der Waals surface area contributed by atoms with Gasteiger partial charge in [0.25, 0.3) is 5.91 Å². The Bertz CT molecular complexity index is 967. The fourth-order valence-corrected chi connectivity index (χ4v) is 2.60.